The van der Waals surface area contributed by atoms with Gasteiger partial charge >= 0.3 is 0 Å². The number of nitrogens with zero attached hydrogens (tertiary/aromatic N) is 1. The molecule has 0 bridgehead atoms. The van der Waals surface area contributed by atoms with E-state index in [1.54, 1.807) is 24.3 Å². The molecule has 6 nitrogen and oxygen atoms in total. The predicted molar refractivity (Wildman–Crippen MR) is 82.5 cm³/mol. The summed E-state index contributed by atoms with van der Waals surface area (Å²) in [6, 6.07) is 7.18. The van der Waals surface area contributed by atoms with Gasteiger partial charge in [0.15, 0.2) is 9.84 Å². The maximum atomic E-state index is 11.9. The molecule has 0 aliphatic carbocycles. The summed E-state index contributed by atoms with van der Waals surface area (Å²) in [5.74, 6) is -1.12. The summed E-state index contributed by atoms with van der Waals surface area (Å²) in [6.07, 6.45) is 1.57. The second-order valence-corrected chi connectivity index (χ2v) is 6.99. The Morgan fingerprint density at radius 3 is 2.68 bits per heavy atom. The van der Waals surface area contributed by atoms with E-state index in [1.165, 1.54) is 12.5 Å². The first kappa shape index (κ1) is 14.5. The van der Waals surface area contributed by atoms with Crippen LogP contribution < -0.4 is 10.5 Å². The molecule has 114 valence electrons. The third-order valence-electron chi connectivity index (χ3n) is 3.64. The molecule has 0 fully saturated rings. The molecule has 0 unspecified atom stereocenters. The predicted octanol–water partition coefficient (Wildman–Crippen LogP) is 1.37. The molecule has 0 saturated carbocycles. The molecular formula is C15H14N2O4S. The van der Waals surface area contributed by atoms with E-state index in [0.717, 1.165) is 0 Å². The quantitative estimate of drug-likeness (QED) is 0.921. The van der Waals surface area contributed by atoms with Crippen molar-refractivity contribution in [1.29, 1.82) is 0 Å². The Hall–Kier alpha value is -2.41. The summed E-state index contributed by atoms with van der Waals surface area (Å²) in [6.45, 7) is 0. The number of primary amides is 1. The number of ether oxygens (including phenoxy) is 1. The van der Waals surface area contributed by atoms with Gasteiger partial charge in [-0.15, -0.1) is 0 Å². The number of benzene rings is 1. The molecule has 1 aliphatic rings. The van der Waals surface area contributed by atoms with Gasteiger partial charge in [0.2, 0.25) is 5.88 Å². The summed E-state index contributed by atoms with van der Waals surface area (Å²) < 4.78 is 28.7. The fraction of sp³-hybridized carbons (Fsp3) is 0.200. The van der Waals surface area contributed by atoms with Crippen molar-refractivity contribution in [2.45, 2.75) is 5.92 Å². The average molecular weight is 318 g/mol. The summed E-state index contributed by atoms with van der Waals surface area (Å²) >= 11 is 0. The van der Waals surface area contributed by atoms with E-state index in [1.807, 2.05) is 6.07 Å². The maximum Gasteiger partial charge on any atom is 0.254 e. The van der Waals surface area contributed by atoms with E-state index < -0.39 is 21.7 Å². The number of sulfone groups is 1. The number of aromatic nitrogens is 1. The number of carbonyl (C=O) groups is 1. The molecule has 0 saturated heterocycles. The molecule has 1 amide bonds. The van der Waals surface area contributed by atoms with Gasteiger partial charge in [-0.3, -0.25) is 4.79 Å². The number of nitrogens with two attached hydrogens (primary N) is 1. The monoisotopic (exact) mass is 318 g/mol. The van der Waals surface area contributed by atoms with Gasteiger partial charge in [0.05, 0.1) is 18.4 Å². The molecule has 7 heteroatoms. The molecule has 2 heterocycles. The lowest BCUT2D eigenvalue weighted by Crippen LogP contribution is -2.19. The van der Waals surface area contributed by atoms with Crippen LogP contribution in [0.25, 0.3) is 10.9 Å². The van der Waals surface area contributed by atoms with Gasteiger partial charge in [0.1, 0.15) is 5.56 Å². The van der Waals surface area contributed by atoms with E-state index in [-0.39, 0.29) is 17.2 Å². The lowest BCUT2D eigenvalue weighted by atomic mass is 9.92. The van der Waals surface area contributed by atoms with Crippen molar-refractivity contribution in [3.05, 3.63) is 46.9 Å². The van der Waals surface area contributed by atoms with E-state index in [4.69, 9.17) is 10.5 Å². The second kappa shape index (κ2) is 5.10. The molecular weight excluding hydrogens is 304 g/mol. The smallest absolute Gasteiger partial charge is 0.254 e. The first-order chi connectivity index (χ1) is 10.4. The molecule has 22 heavy (non-hydrogen) atoms. The summed E-state index contributed by atoms with van der Waals surface area (Å²) in [5.41, 5.74) is 6.79. The van der Waals surface area contributed by atoms with E-state index in [0.29, 0.717) is 16.5 Å². The number of rotatable bonds is 3. The minimum absolute atomic E-state index is 0.0928. The number of fused-ring (bicyclic) bond motifs is 1. The van der Waals surface area contributed by atoms with Gasteiger partial charge in [-0.2, -0.15) is 0 Å². The highest BCUT2D eigenvalue weighted by Gasteiger charge is 2.30. The molecule has 0 spiro atoms. The first-order valence-corrected chi connectivity index (χ1v) is 8.32. The molecule has 1 atom stereocenters. The van der Waals surface area contributed by atoms with Crippen LogP contribution in [0.5, 0.6) is 5.88 Å². The molecule has 0 radical (unpaired) electrons. The Labute approximate surface area is 127 Å². The minimum Gasteiger partial charge on any atom is -0.480 e. The van der Waals surface area contributed by atoms with Crippen molar-refractivity contribution in [1.82, 2.24) is 4.98 Å². The van der Waals surface area contributed by atoms with Crippen molar-refractivity contribution in [2.24, 2.45) is 5.73 Å². The highest BCUT2D eigenvalue weighted by molar-refractivity contribution is 7.94. The number of allylic oxidation sites excluding steroid dienone is 1. The Balaban J connectivity index is 2.37. The molecule has 3 rings (SSSR count). The zero-order valence-electron chi connectivity index (χ0n) is 11.8. The number of carbonyl (C=O) groups excluding carboxylic acids is 1. The summed E-state index contributed by atoms with van der Waals surface area (Å²) in [7, 11) is -1.87. The Kier molecular flexibility index (Phi) is 3.37. The highest BCUT2D eigenvalue weighted by atomic mass is 32.2. The lowest BCUT2D eigenvalue weighted by Gasteiger charge is -2.17. The van der Waals surface area contributed by atoms with Crippen LogP contribution in [0.1, 0.15) is 21.8 Å². The number of para-hydroxylation sites is 1. The lowest BCUT2D eigenvalue weighted by molar-refractivity contribution is 0.0995. The van der Waals surface area contributed by atoms with Crippen molar-refractivity contribution < 1.29 is 17.9 Å². The zero-order valence-corrected chi connectivity index (χ0v) is 12.6. The van der Waals surface area contributed by atoms with Gasteiger partial charge in [0, 0.05) is 16.7 Å². The number of hydrogen-bond acceptors (Lipinski definition) is 5. The van der Waals surface area contributed by atoms with E-state index in [9.17, 15) is 13.2 Å². The maximum absolute atomic E-state index is 11.9. The third-order valence-corrected chi connectivity index (χ3v) is 5.04. The average Bonchev–Trinajstić information content (AvgIpc) is 2.84. The SMILES string of the molecule is COc1nc2ccccc2c([C@H]2C=CS(=O)(=O)C2)c1C(N)=O. The highest BCUT2D eigenvalue weighted by Crippen LogP contribution is 2.37. The number of amides is 1. The topological polar surface area (TPSA) is 99.3 Å². The van der Waals surface area contributed by atoms with E-state index in [2.05, 4.69) is 4.98 Å². The van der Waals surface area contributed by atoms with Crippen LogP contribution >= 0.6 is 0 Å². The zero-order chi connectivity index (χ0) is 15.9. The Morgan fingerprint density at radius 1 is 1.36 bits per heavy atom. The Bertz CT molecular complexity index is 903. The fourth-order valence-corrected chi connectivity index (χ4v) is 4.06. The van der Waals surface area contributed by atoms with Crippen molar-refractivity contribution >= 4 is 26.6 Å². The van der Waals surface area contributed by atoms with Crippen LogP contribution in [-0.4, -0.2) is 32.2 Å². The number of hydrogen-bond donors (Lipinski definition) is 1. The van der Waals surface area contributed by atoms with Crippen LogP contribution in [-0.2, 0) is 9.84 Å². The van der Waals surface area contributed by atoms with Gasteiger partial charge in [-0.25, -0.2) is 13.4 Å². The third kappa shape index (κ3) is 2.33. The second-order valence-electron chi connectivity index (χ2n) is 5.06. The van der Waals surface area contributed by atoms with Gasteiger partial charge in [0.25, 0.3) is 5.91 Å². The van der Waals surface area contributed by atoms with Crippen LogP contribution in [0.3, 0.4) is 0 Å². The normalized spacial score (nSPS) is 19.4. The van der Waals surface area contributed by atoms with Crippen LogP contribution in [0, 0.1) is 0 Å². The van der Waals surface area contributed by atoms with Crippen molar-refractivity contribution in [2.75, 3.05) is 12.9 Å². The van der Waals surface area contributed by atoms with E-state index >= 15 is 0 Å². The molecule has 2 N–H and O–H groups in total. The fourth-order valence-electron chi connectivity index (χ4n) is 2.74. The number of methoxy groups -OCH3 is 1. The standard InChI is InChI=1S/C15H14N2O4S/c1-21-15-13(14(16)18)12(9-6-7-22(19,20)8-9)10-4-2-3-5-11(10)17-15/h2-7,9H,8H2,1H3,(H2,16,18)/t9-/m0/s1. The molecule has 2 aromatic rings. The number of pyridine rings is 1. The largest absolute Gasteiger partial charge is 0.480 e. The minimum atomic E-state index is -3.27. The molecule has 1 aliphatic heterocycles. The van der Waals surface area contributed by atoms with Gasteiger partial charge in [-0.1, -0.05) is 24.3 Å². The van der Waals surface area contributed by atoms with Crippen LogP contribution in [0.15, 0.2) is 35.7 Å². The van der Waals surface area contributed by atoms with Crippen molar-refractivity contribution in [3.8, 4) is 5.88 Å². The summed E-state index contributed by atoms with van der Waals surface area (Å²) in [5, 5.41) is 1.87. The van der Waals surface area contributed by atoms with Gasteiger partial charge < -0.3 is 10.5 Å². The van der Waals surface area contributed by atoms with Gasteiger partial charge in [-0.05, 0) is 11.6 Å². The Morgan fingerprint density at radius 2 is 2.09 bits per heavy atom. The van der Waals surface area contributed by atoms with Crippen LogP contribution in [0.4, 0.5) is 0 Å². The first-order valence-electron chi connectivity index (χ1n) is 6.60. The molecule has 1 aromatic carbocycles. The molecule has 1 aromatic heterocycles. The van der Waals surface area contributed by atoms with Crippen LogP contribution in [0.2, 0.25) is 0 Å². The summed E-state index contributed by atoms with van der Waals surface area (Å²) in [4.78, 5) is 16.2. The van der Waals surface area contributed by atoms with Crippen molar-refractivity contribution in [3.63, 3.8) is 0 Å².